The summed E-state index contributed by atoms with van der Waals surface area (Å²) >= 11 is 6.41. The lowest BCUT2D eigenvalue weighted by atomic mass is 9.70. The van der Waals surface area contributed by atoms with E-state index in [0.29, 0.717) is 37.7 Å². The molecule has 2 N–H and O–H groups in total. The van der Waals surface area contributed by atoms with Crippen molar-refractivity contribution in [1.29, 1.82) is 0 Å². The summed E-state index contributed by atoms with van der Waals surface area (Å²) in [5, 5.41) is 3.37. The van der Waals surface area contributed by atoms with Crippen LogP contribution in [0.1, 0.15) is 86.7 Å². The number of urea groups is 1. The second-order valence-electron chi connectivity index (χ2n) is 14.4. The Morgan fingerprint density at radius 2 is 2.02 bits per heavy atom. The maximum atomic E-state index is 14.3. The Morgan fingerprint density at radius 3 is 2.82 bits per heavy atom. The number of allylic oxidation sites excluding steroid dienone is 2. The van der Waals surface area contributed by atoms with E-state index in [1.54, 1.807) is 18.2 Å². The fraction of sp³-hybridized carbons (Fsp3) is 0.568. The Hall–Kier alpha value is -3.18. The summed E-state index contributed by atoms with van der Waals surface area (Å²) in [5.41, 5.74) is 3.29. The lowest BCUT2D eigenvalue weighted by molar-refractivity contribution is 0.100. The first-order chi connectivity index (χ1) is 23.5. The number of ether oxygens (including phenoxy) is 1. The molecular weight excluding hydrogens is 670 g/mol. The number of aryl methyl sites for hydroxylation is 1. The Bertz CT molecular complexity index is 1710. The zero-order valence-electron chi connectivity index (χ0n) is 28.3. The quantitative estimate of drug-likeness (QED) is 0.305. The van der Waals surface area contributed by atoms with Gasteiger partial charge in [-0.05, 0) is 104 Å². The van der Waals surface area contributed by atoms with Crippen LogP contribution >= 0.6 is 11.6 Å². The Morgan fingerprint density at radius 1 is 1.20 bits per heavy atom. The van der Waals surface area contributed by atoms with E-state index in [0.717, 1.165) is 55.8 Å². The van der Waals surface area contributed by atoms with Crippen molar-refractivity contribution in [3.8, 4) is 5.75 Å². The molecule has 6 atom stereocenters. The first kappa shape index (κ1) is 35.6. The number of hydrogen-bond acceptors (Lipinski definition) is 5. The van der Waals surface area contributed by atoms with Gasteiger partial charge in [0.25, 0.3) is 5.91 Å². The van der Waals surface area contributed by atoms with Crippen molar-refractivity contribution in [2.24, 2.45) is 22.1 Å². The van der Waals surface area contributed by atoms with Crippen molar-refractivity contribution >= 4 is 39.1 Å². The van der Waals surface area contributed by atoms with Crippen LogP contribution in [-0.2, 0) is 21.8 Å². The van der Waals surface area contributed by atoms with Crippen LogP contribution < -0.4 is 19.7 Å². The Balaban J connectivity index is 1.34. The van der Waals surface area contributed by atoms with Crippen molar-refractivity contribution in [1.82, 2.24) is 10.0 Å². The summed E-state index contributed by atoms with van der Waals surface area (Å²) in [7, 11) is -3.56. The molecule has 6 rings (SSSR count). The molecule has 0 radical (unpaired) electrons. The normalized spacial score (nSPS) is 30.8. The maximum Gasteiger partial charge on any atom is 0.327 e. The van der Waals surface area contributed by atoms with Crippen molar-refractivity contribution in [2.75, 3.05) is 30.3 Å². The maximum absolute atomic E-state index is 14.3. The van der Waals surface area contributed by atoms with Gasteiger partial charge in [-0.3, -0.25) is 9.52 Å². The number of nitrogens with zero attached hydrogens (tertiary/aromatic N) is 2. The van der Waals surface area contributed by atoms with E-state index >= 15 is 0 Å². The standard InChI is InChI=1S/C37H47ClF2N4O4S/c1-3-25-8-5-4-7-24(2)21-49(47,43-36(46)41-31-18-28(31)20-34(39)40)42-35(45)27-10-13-33-32(19-27)44(16-14-25)22-37(23-48-33)15-6-9-26-17-29(38)11-12-30(26)37/h4-5,10-13,17,19,24-25,28,31,34H,3,6-9,14-16,18,20-23H2,1-2H3,(H2,41,42,43,45,46,47)/b5-4+/t24-,25-,28-,31+,37-,49?/m0/s1. The van der Waals surface area contributed by atoms with Crippen molar-refractivity contribution in [3.63, 3.8) is 0 Å². The van der Waals surface area contributed by atoms with E-state index in [9.17, 15) is 22.6 Å². The predicted octanol–water partition coefficient (Wildman–Crippen LogP) is 8.08. The fourth-order valence-corrected chi connectivity index (χ4v) is 9.75. The van der Waals surface area contributed by atoms with E-state index < -0.39 is 34.3 Å². The molecule has 0 saturated heterocycles. The summed E-state index contributed by atoms with van der Waals surface area (Å²) < 4.78 is 53.1. The number of carbonyl (C=O) groups is 2. The fourth-order valence-electron chi connectivity index (χ4n) is 7.73. The zero-order valence-corrected chi connectivity index (χ0v) is 29.8. The van der Waals surface area contributed by atoms with Crippen LogP contribution in [0.15, 0.2) is 52.9 Å². The zero-order chi connectivity index (χ0) is 34.8. The minimum Gasteiger partial charge on any atom is -0.490 e. The van der Waals surface area contributed by atoms with Crippen LogP contribution in [0, 0.1) is 17.8 Å². The van der Waals surface area contributed by atoms with Gasteiger partial charge in [0.2, 0.25) is 6.43 Å². The molecule has 2 heterocycles. The van der Waals surface area contributed by atoms with Crippen LogP contribution in [0.25, 0.3) is 0 Å². The third-order valence-electron chi connectivity index (χ3n) is 10.6. The summed E-state index contributed by atoms with van der Waals surface area (Å²) in [5.74, 6) is -0.0807. The average molecular weight is 717 g/mol. The minimum absolute atomic E-state index is 0.0367. The summed E-state index contributed by atoms with van der Waals surface area (Å²) in [6.07, 6.45) is 8.39. The summed E-state index contributed by atoms with van der Waals surface area (Å²) in [4.78, 5) is 29.1. The number of fused-ring (bicyclic) bond motifs is 3. The molecule has 2 bridgehead atoms. The van der Waals surface area contributed by atoms with Gasteiger partial charge in [-0.15, -0.1) is 4.36 Å². The van der Waals surface area contributed by atoms with E-state index in [1.807, 2.05) is 13.0 Å². The lowest BCUT2D eigenvalue weighted by Crippen LogP contribution is -2.46. The first-order valence-corrected chi connectivity index (χ1v) is 19.6. The number of amides is 3. The Kier molecular flexibility index (Phi) is 10.9. The van der Waals surface area contributed by atoms with Gasteiger partial charge < -0.3 is 15.0 Å². The largest absolute Gasteiger partial charge is 0.490 e. The van der Waals surface area contributed by atoms with Gasteiger partial charge >= 0.3 is 6.03 Å². The second kappa shape index (κ2) is 15.0. The number of carbonyl (C=O) groups excluding carboxylic acids is 2. The third-order valence-corrected chi connectivity index (χ3v) is 12.8. The number of hydrogen-bond donors (Lipinski definition) is 2. The van der Waals surface area contributed by atoms with Crippen LogP contribution in [0.5, 0.6) is 5.75 Å². The average Bonchev–Trinajstić information content (AvgIpc) is 3.79. The molecule has 0 aromatic heterocycles. The van der Waals surface area contributed by atoms with Crippen LogP contribution in [-0.4, -0.2) is 54.1 Å². The number of nitrogens with one attached hydrogen (secondary N) is 2. The predicted molar refractivity (Wildman–Crippen MR) is 190 cm³/mol. The SMILES string of the molecule is CC[C@H]1C/C=C/C[C@H](C)CS(=O)(NC(=O)N[C@@H]2C[C@H]2CC(F)F)=NC(=O)c2ccc3c(c2)N(CC1)C[C@@]1(CCCc2cc(Cl)ccc21)CO3. The summed E-state index contributed by atoms with van der Waals surface area (Å²) in [6, 6.07) is 10.2. The van der Waals surface area contributed by atoms with Gasteiger partial charge in [0.1, 0.15) is 15.7 Å². The molecule has 1 saturated carbocycles. The van der Waals surface area contributed by atoms with Gasteiger partial charge in [-0.25, -0.2) is 17.8 Å². The molecule has 8 nitrogen and oxygen atoms in total. The molecule has 2 aliphatic carbocycles. The van der Waals surface area contributed by atoms with Gasteiger partial charge in [-0.1, -0.05) is 50.1 Å². The first-order valence-electron chi connectivity index (χ1n) is 17.6. The number of alkyl halides is 2. The Labute approximate surface area is 293 Å². The third kappa shape index (κ3) is 8.59. The molecule has 2 aromatic rings. The van der Waals surface area contributed by atoms with E-state index in [4.69, 9.17) is 16.3 Å². The number of anilines is 1. The highest BCUT2D eigenvalue weighted by Crippen LogP contribution is 2.45. The van der Waals surface area contributed by atoms with Gasteiger partial charge in [0, 0.05) is 41.6 Å². The molecule has 12 heteroatoms. The van der Waals surface area contributed by atoms with Crippen LogP contribution in [0.4, 0.5) is 19.3 Å². The molecule has 2 aliphatic heterocycles. The van der Waals surface area contributed by atoms with E-state index in [-0.39, 0.29) is 35.0 Å². The molecule has 49 heavy (non-hydrogen) atoms. The topological polar surface area (TPSA) is 100 Å². The molecule has 1 spiro atoms. The van der Waals surface area contributed by atoms with Crippen molar-refractivity contribution in [2.45, 2.75) is 89.5 Å². The lowest BCUT2D eigenvalue weighted by Gasteiger charge is -2.41. The number of rotatable bonds is 5. The van der Waals surface area contributed by atoms with Crippen molar-refractivity contribution in [3.05, 3.63) is 70.3 Å². The monoisotopic (exact) mass is 716 g/mol. The van der Waals surface area contributed by atoms with Gasteiger partial charge in [-0.2, -0.15) is 0 Å². The summed E-state index contributed by atoms with van der Waals surface area (Å²) in [6.45, 7) is 6.09. The highest BCUT2D eigenvalue weighted by atomic mass is 35.5. The molecule has 1 fully saturated rings. The van der Waals surface area contributed by atoms with E-state index in [2.05, 4.69) is 50.5 Å². The smallest absolute Gasteiger partial charge is 0.327 e. The van der Waals surface area contributed by atoms with Gasteiger partial charge in [0.15, 0.2) is 0 Å². The van der Waals surface area contributed by atoms with Crippen molar-refractivity contribution < 1.29 is 27.3 Å². The molecule has 2 aromatic carbocycles. The molecule has 266 valence electrons. The number of halogens is 3. The van der Waals surface area contributed by atoms with Crippen LogP contribution in [0.2, 0.25) is 5.02 Å². The van der Waals surface area contributed by atoms with Crippen LogP contribution in [0.3, 0.4) is 0 Å². The highest BCUT2D eigenvalue weighted by molar-refractivity contribution is 7.92. The molecule has 1 unspecified atom stereocenters. The highest BCUT2D eigenvalue weighted by Gasteiger charge is 2.42. The van der Waals surface area contributed by atoms with E-state index in [1.165, 1.54) is 11.1 Å². The molecule has 3 amide bonds. The molecular formula is C37H47ClF2N4O4S. The second-order valence-corrected chi connectivity index (χ2v) is 16.9. The molecule has 4 aliphatic rings. The minimum atomic E-state index is -3.56. The number of benzene rings is 2. The van der Waals surface area contributed by atoms with Gasteiger partial charge in [0.05, 0.1) is 18.0 Å².